The van der Waals surface area contributed by atoms with Crippen molar-refractivity contribution in [1.29, 1.82) is 0 Å². The Morgan fingerprint density at radius 3 is 2.03 bits per heavy atom. The minimum absolute atomic E-state index is 0.129. The van der Waals surface area contributed by atoms with Crippen LogP contribution in [0.25, 0.3) is 0 Å². The molecule has 1 aromatic heterocycles. The predicted octanol–water partition coefficient (Wildman–Crippen LogP) is 1.73. The van der Waals surface area contributed by atoms with E-state index in [1.54, 1.807) is 0 Å². The summed E-state index contributed by atoms with van der Waals surface area (Å²) in [5.41, 5.74) is -6.81. The van der Waals surface area contributed by atoms with E-state index in [9.17, 15) is 26.4 Å². The zero-order valence-corrected chi connectivity index (χ0v) is 15.8. The fourth-order valence-electron chi connectivity index (χ4n) is 1.81. The molecule has 29 heavy (non-hydrogen) atoms. The van der Waals surface area contributed by atoms with Crippen molar-refractivity contribution in [1.82, 2.24) is 15.0 Å². The minimum Gasteiger partial charge on any atom is -0.467 e. The number of methoxy groups -OCH3 is 3. The lowest BCUT2D eigenvalue weighted by atomic mass is 10.2. The predicted molar refractivity (Wildman–Crippen MR) is 89.4 cm³/mol. The standard InChI is InChI=1S/C14H13F3N4O7S/c1-25-10(22)8-6-7(4-5-9(8)21-29(23,24)14(15,16)17)28-13-19-11(26-2)18-12(20-13)27-3/h4-6,21H,1-3H3. The van der Waals surface area contributed by atoms with Crippen LogP contribution in [-0.4, -0.2) is 56.2 Å². The molecule has 2 aromatic rings. The highest BCUT2D eigenvalue weighted by molar-refractivity contribution is 7.93. The number of hydrogen-bond acceptors (Lipinski definition) is 10. The van der Waals surface area contributed by atoms with Crippen LogP contribution in [-0.2, 0) is 14.8 Å². The molecule has 0 saturated heterocycles. The maximum atomic E-state index is 12.6. The first-order valence-electron chi connectivity index (χ1n) is 7.34. The summed E-state index contributed by atoms with van der Waals surface area (Å²) in [6, 6.07) is 2.24. The Hall–Kier alpha value is -3.36. The first kappa shape index (κ1) is 21.9. The van der Waals surface area contributed by atoms with Crippen molar-refractivity contribution in [2.45, 2.75) is 5.51 Å². The lowest BCUT2D eigenvalue weighted by Gasteiger charge is -2.14. The minimum atomic E-state index is -5.77. The van der Waals surface area contributed by atoms with Gasteiger partial charge in [0.15, 0.2) is 0 Å². The van der Waals surface area contributed by atoms with Gasteiger partial charge in [-0.05, 0) is 18.2 Å². The normalized spacial score (nSPS) is 11.5. The number of ether oxygens (including phenoxy) is 4. The lowest BCUT2D eigenvalue weighted by Crippen LogP contribution is -2.30. The number of benzene rings is 1. The molecule has 0 atom stereocenters. The smallest absolute Gasteiger partial charge is 0.467 e. The van der Waals surface area contributed by atoms with Crippen LogP contribution in [0.4, 0.5) is 18.9 Å². The van der Waals surface area contributed by atoms with Gasteiger partial charge in [0.2, 0.25) is 0 Å². The third-order valence-electron chi connectivity index (χ3n) is 3.09. The largest absolute Gasteiger partial charge is 0.516 e. The average Bonchev–Trinajstić information content (AvgIpc) is 2.67. The molecule has 1 aromatic carbocycles. The summed E-state index contributed by atoms with van der Waals surface area (Å²) < 4.78 is 81.2. The van der Waals surface area contributed by atoms with E-state index in [1.807, 2.05) is 0 Å². The summed E-state index contributed by atoms with van der Waals surface area (Å²) in [4.78, 5) is 23.2. The van der Waals surface area contributed by atoms with Gasteiger partial charge in [0, 0.05) is 0 Å². The van der Waals surface area contributed by atoms with Crippen LogP contribution in [0.3, 0.4) is 0 Å². The Balaban J connectivity index is 2.43. The van der Waals surface area contributed by atoms with E-state index in [0.29, 0.717) is 0 Å². The van der Waals surface area contributed by atoms with E-state index in [4.69, 9.17) is 14.2 Å². The van der Waals surface area contributed by atoms with Crippen molar-refractivity contribution >= 4 is 21.7 Å². The molecule has 158 valence electrons. The number of rotatable bonds is 7. The third kappa shape index (κ3) is 5.13. The molecule has 11 nitrogen and oxygen atoms in total. The van der Waals surface area contributed by atoms with Crippen molar-refractivity contribution in [2.24, 2.45) is 0 Å². The lowest BCUT2D eigenvalue weighted by molar-refractivity contribution is -0.0429. The van der Waals surface area contributed by atoms with Crippen LogP contribution in [0.1, 0.15) is 10.4 Å². The highest BCUT2D eigenvalue weighted by Crippen LogP contribution is 2.30. The Labute approximate surface area is 161 Å². The first-order valence-corrected chi connectivity index (χ1v) is 8.82. The van der Waals surface area contributed by atoms with Gasteiger partial charge in [-0.2, -0.15) is 21.6 Å². The maximum absolute atomic E-state index is 12.6. The second-order valence-corrected chi connectivity index (χ2v) is 6.62. The Morgan fingerprint density at radius 2 is 1.55 bits per heavy atom. The van der Waals surface area contributed by atoms with Crippen LogP contribution in [0, 0.1) is 0 Å². The van der Waals surface area contributed by atoms with Crippen LogP contribution in [0.5, 0.6) is 23.8 Å². The number of carbonyl (C=O) groups is 1. The van der Waals surface area contributed by atoms with Gasteiger partial charge in [-0.1, -0.05) is 0 Å². The Bertz CT molecular complexity index is 993. The molecule has 15 heteroatoms. The van der Waals surface area contributed by atoms with Gasteiger partial charge >= 0.3 is 39.5 Å². The second kappa shape index (κ2) is 8.34. The number of halogens is 3. The number of sulfonamides is 1. The molecule has 1 heterocycles. The highest BCUT2D eigenvalue weighted by Gasteiger charge is 2.46. The van der Waals surface area contributed by atoms with Gasteiger partial charge in [0.1, 0.15) is 5.75 Å². The third-order valence-corrected chi connectivity index (χ3v) is 4.19. The SMILES string of the molecule is COC(=O)c1cc(Oc2nc(OC)nc(OC)n2)ccc1NS(=O)(=O)C(F)(F)F. The summed E-state index contributed by atoms with van der Waals surface area (Å²) in [7, 11) is -2.26. The van der Waals surface area contributed by atoms with Crippen LogP contribution < -0.4 is 18.9 Å². The molecule has 0 unspecified atom stereocenters. The molecule has 1 N–H and O–H groups in total. The van der Waals surface area contributed by atoms with Gasteiger partial charge in [-0.3, -0.25) is 4.72 Å². The molecular weight excluding hydrogens is 425 g/mol. The average molecular weight is 438 g/mol. The molecule has 0 aliphatic carbocycles. The second-order valence-electron chi connectivity index (χ2n) is 4.94. The summed E-state index contributed by atoms with van der Waals surface area (Å²) in [6.45, 7) is 0. The van der Waals surface area contributed by atoms with Crippen molar-refractivity contribution < 1.29 is 45.3 Å². The number of nitrogens with one attached hydrogen (secondary N) is 1. The summed E-state index contributed by atoms with van der Waals surface area (Å²) in [5.74, 6) is -1.25. The quantitative estimate of drug-likeness (QED) is 0.636. The van der Waals surface area contributed by atoms with E-state index in [2.05, 4.69) is 19.7 Å². The number of anilines is 1. The number of hydrogen-bond donors (Lipinski definition) is 1. The van der Waals surface area contributed by atoms with Gasteiger partial charge in [0.25, 0.3) is 0 Å². The molecule has 0 radical (unpaired) electrons. The maximum Gasteiger partial charge on any atom is 0.516 e. The Morgan fingerprint density at radius 1 is 1.00 bits per heavy atom. The van der Waals surface area contributed by atoms with E-state index in [-0.39, 0.29) is 23.8 Å². The Kier molecular flexibility index (Phi) is 6.31. The van der Waals surface area contributed by atoms with Crippen molar-refractivity contribution in [3.63, 3.8) is 0 Å². The molecule has 0 spiro atoms. The van der Waals surface area contributed by atoms with Gasteiger partial charge in [-0.15, -0.1) is 15.0 Å². The molecule has 0 aliphatic heterocycles. The number of alkyl halides is 3. The van der Waals surface area contributed by atoms with E-state index >= 15 is 0 Å². The van der Waals surface area contributed by atoms with Crippen LogP contribution in [0.2, 0.25) is 0 Å². The number of esters is 1. The van der Waals surface area contributed by atoms with Crippen molar-refractivity contribution in [3.05, 3.63) is 23.8 Å². The zero-order valence-electron chi connectivity index (χ0n) is 15.0. The van der Waals surface area contributed by atoms with Gasteiger partial charge in [-0.25, -0.2) is 4.79 Å². The van der Waals surface area contributed by atoms with E-state index in [1.165, 1.54) is 18.9 Å². The van der Waals surface area contributed by atoms with Crippen molar-refractivity contribution in [3.8, 4) is 23.8 Å². The molecule has 2 rings (SSSR count). The summed E-state index contributed by atoms with van der Waals surface area (Å²) >= 11 is 0. The molecule has 0 aliphatic rings. The molecule has 0 fully saturated rings. The fourth-order valence-corrected chi connectivity index (χ4v) is 2.39. The highest BCUT2D eigenvalue weighted by atomic mass is 32.2. The number of aromatic nitrogens is 3. The first-order chi connectivity index (χ1) is 13.5. The van der Waals surface area contributed by atoms with E-state index in [0.717, 1.165) is 25.3 Å². The van der Waals surface area contributed by atoms with Gasteiger partial charge in [0.05, 0.1) is 32.6 Å². The zero-order chi connectivity index (χ0) is 21.8. The summed E-state index contributed by atoms with van der Waals surface area (Å²) in [5, 5.41) is 0. The number of nitrogens with zero attached hydrogens (tertiary/aromatic N) is 3. The van der Waals surface area contributed by atoms with Crippen molar-refractivity contribution in [2.75, 3.05) is 26.1 Å². The fraction of sp³-hybridized carbons (Fsp3) is 0.286. The molecule has 0 bridgehead atoms. The molecule has 0 saturated carbocycles. The monoisotopic (exact) mass is 438 g/mol. The summed E-state index contributed by atoms with van der Waals surface area (Å²) in [6.07, 6.45) is 0. The van der Waals surface area contributed by atoms with Gasteiger partial charge < -0.3 is 18.9 Å². The molecule has 0 amide bonds. The molecular formula is C14H13F3N4O7S. The number of carbonyl (C=O) groups excluding carboxylic acids is 1. The van der Waals surface area contributed by atoms with Crippen LogP contribution in [0.15, 0.2) is 18.2 Å². The van der Waals surface area contributed by atoms with E-state index < -0.39 is 32.8 Å². The topological polar surface area (TPSA) is 139 Å². The van der Waals surface area contributed by atoms with Crippen LogP contribution >= 0.6 is 0 Å².